The molecule has 0 fully saturated rings. The summed E-state index contributed by atoms with van der Waals surface area (Å²) in [5.74, 6) is -1.91. The Bertz CT molecular complexity index is 757. The van der Waals surface area contributed by atoms with E-state index < -0.39 is 11.9 Å². The third kappa shape index (κ3) is 5.37. The average molecular weight is 362 g/mol. The number of amides is 1. The van der Waals surface area contributed by atoms with Gasteiger partial charge in [0.05, 0.1) is 18.2 Å². The molecule has 6 nitrogen and oxygen atoms in total. The van der Waals surface area contributed by atoms with Crippen LogP contribution in [0, 0.1) is 19.8 Å². The Morgan fingerprint density at radius 3 is 2.76 bits per heavy atom. The van der Waals surface area contributed by atoms with E-state index in [0.717, 1.165) is 16.1 Å². The first-order chi connectivity index (χ1) is 11.9. The van der Waals surface area contributed by atoms with Gasteiger partial charge in [-0.3, -0.25) is 9.59 Å². The summed E-state index contributed by atoms with van der Waals surface area (Å²) in [6.45, 7) is 4.14. The topological polar surface area (TPSA) is 88.5 Å². The lowest BCUT2D eigenvalue weighted by molar-refractivity contribution is -0.141. The summed E-state index contributed by atoms with van der Waals surface area (Å²) in [4.78, 5) is 28.6. The van der Waals surface area contributed by atoms with Crippen molar-refractivity contribution < 1.29 is 19.4 Å². The predicted octanol–water partition coefficient (Wildman–Crippen LogP) is 2.58. The van der Waals surface area contributed by atoms with Gasteiger partial charge in [0.25, 0.3) is 5.91 Å². The lowest BCUT2D eigenvalue weighted by Gasteiger charge is -2.13. The van der Waals surface area contributed by atoms with Crippen LogP contribution in [-0.4, -0.2) is 35.6 Å². The molecule has 0 radical (unpaired) electrons. The summed E-state index contributed by atoms with van der Waals surface area (Å²) in [5, 5.41) is 12.9. The second kappa shape index (κ2) is 8.73. The zero-order valence-electron chi connectivity index (χ0n) is 14.5. The van der Waals surface area contributed by atoms with Crippen LogP contribution in [0.5, 0.6) is 0 Å². The molecule has 1 atom stereocenters. The Kier molecular flexibility index (Phi) is 6.66. The Morgan fingerprint density at radius 2 is 2.12 bits per heavy atom. The molecule has 1 aromatic heterocycles. The number of ether oxygens (including phenoxy) is 1. The quantitative estimate of drug-likeness (QED) is 0.753. The number of carboxylic acids is 1. The van der Waals surface area contributed by atoms with E-state index in [2.05, 4.69) is 10.3 Å². The number of carbonyl (C=O) groups is 2. The summed E-state index contributed by atoms with van der Waals surface area (Å²) >= 11 is 1.26. The molecule has 0 aliphatic heterocycles. The van der Waals surface area contributed by atoms with E-state index in [1.165, 1.54) is 11.3 Å². The van der Waals surface area contributed by atoms with Gasteiger partial charge < -0.3 is 15.2 Å². The van der Waals surface area contributed by atoms with Crippen LogP contribution in [0.15, 0.2) is 24.3 Å². The van der Waals surface area contributed by atoms with Crippen LogP contribution in [0.1, 0.15) is 31.5 Å². The van der Waals surface area contributed by atoms with Crippen molar-refractivity contribution in [2.24, 2.45) is 5.92 Å². The lowest BCUT2D eigenvalue weighted by atomic mass is 9.98. The number of carboxylic acid groups (broad SMARTS) is 1. The molecule has 0 aliphatic rings. The third-order valence-electron chi connectivity index (χ3n) is 3.74. The van der Waals surface area contributed by atoms with Crippen LogP contribution in [0.2, 0.25) is 0 Å². The maximum atomic E-state index is 12.3. The minimum absolute atomic E-state index is 0.0685. The fraction of sp³-hybridized carbons (Fsp3) is 0.389. The number of nitrogens with zero attached hydrogens (tertiary/aromatic N) is 1. The van der Waals surface area contributed by atoms with Gasteiger partial charge in [0, 0.05) is 13.7 Å². The van der Waals surface area contributed by atoms with Gasteiger partial charge in [-0.15, -0.1) is 11.3 Å². The van der Waals surface area contributed by atoms with Crippen LogP contribution in [0.4, 0.5) is 0 Å². The molecule has 7 heteroatoms. The Labute approximate surface area is 150 Å². The molecule has 1 unspecified atom stereocenters. The molecule has 2 rings (SSSR count). The molecule has 1 aromatic carbocycles. The summed E-state index contributed by atoms with van der Waals surface area (Å²) in [5.41, 5.74) is 2.65. The number of thiazole rings is 1. The SMILES string of the molecule is COCc1nc(C)c(C(=O)NCC(Cc2cccc(C)c2)C(=O)O)s1. The number of methoxy groups -OCH3 is 1. The standard InChI is InChI=1S/C18H22N2O4S/c1-11-5-4-6-13(7-11)8-14(18(22)23)9-19-17(21)16-12(2)20-15(25-16)10-24-3/h4-7,14H,8-10H2,1-3H3,(H,19,21)(H,22,23). The smallest absolute Gasteiger partial charge is 0.308 e. The third-order valence-corrected chi connectivity index (χ3v) is 4.87. The molecule has 0 saturated carbocycles. The molecule has 2 N–H and O–H groups in total. The number of benzene rings is 1. The normalized spacial score (nSPS) is 12.0. The van der Waals surface area contributed by atoms with Crippen LogP contribution in [-0.2, 0) is 22.6 Å². The first-order valence-corrected chi connectivity index (χ1v) is 8.74. The van der Waals surface area contributed by atoms with E-state index in [1.807, 2.05) is 31.2 Å². The molecular weight excluding hydrogens is 340 g/mol. The van der Waals surface area contributed by atoms with Gasteiger partial charge in [-0.1, -0.05) is 29.8 Å². The second-order valence-electron chi connectivity index (χ2n) is 5.89. The van der Waals surface area contributed by atoms with Crippen LogP contribution in [0.25, 0.3) is 0 Å². The van der Waals surface area contributed by atoms with Gasteiger partial charge >= 0.3 is 5.97 Å². The van der Waals surface area contributed by atoms with E-state index >= 15 is 0 Å². The van der Waals surface area contributed by atoms with Crippen molar-refractivity contribution in [3.05, 3.63) is 51.0 Å². The number of carbonyl (C=O) groups excluding carboxylic acids is 1. The number of nitrogens with one attached hydrogen (secondary N) is 1. The highest BCUT2D eigenvalue weighted by molar-refractivity contribution is 7.13. The Hall–Kier alpha value is -2.25. The number of hydrogen-bond acceptors (Lipinski definition) is 5. The van der Waals surface area contributed by atoms with E-state index in [9.17, 15) is 14.7 Å². The van der Waals surface area contributed by atoms with Crippen molar-refractivity contribution in [3.63, 3.8) is 0 Å². The molecule has 0 bridgehead atoms. The summed E-state index contributed by atoms with van der Waals surface area (Å²) in [6, 6.07) is 7.72. The minimum atomic E-state index is -0.928. The fourth-order valence-corrected chi connectivity index (χ4v) is 3.47. The number of aliphatic carboxylic acids is 1. The highest BCUT2D eigenvalue weighted by atomic mass is 32.1. The monoisotopic (exact) mass is 362 g/mol. The van der Waals surface area contributed by atoms with Gasteiger partial charge in [0.15, 0.2) is 0 Å². The molecule has 1 heterocycles. The van der Waals surface area contributed by atoms with Gasteiger partial charge in [-0.05, 0) is 25.8 Å². The maximum Gasteiger partial charge on any atom is 0.308 e. The minimum Gasteiger partial charge on any atom is -0.481 e. The highest BCUT2D eigenvalue weighted by Gasteiger charge is 2.21. The highest BCUT2D eigenvalue weighted by Crippen LogP contribution is 2.19. The Balaban J connectivity index is 2.01. The summed E-state index contributed by atoms with van der Waals surface area (Å²) < 4.78 is 5.02. The van der Waals surface area contributed by atoms with Crippen molar-refractivity contribution in [2.45, 2.75) is 26.9 Å². The zero-order valence-corrected chi connectivity index (χ0v) is 15.4. The zero-order chi connectivity index (χ0) is 18.4. The van der Waals surface area contributed by atoms with Gasteiger partial charge in [0.2, 0.25) is 0 Å². The van der Waals surface area contributed by atoms with Crippen molar-refractivity contribution in [3.8, 4) is 0 Å². The number of aromatic nitrogens is 1. The predicted molar refractivity (Wildman–Crippen MR) is 95.9 cm³/mol. The van der Waals surface area contributed by atoms with Crippen molar-refractivity contribution in [1.29, 1.82) is 0 Å². The Morgan fingerprint density at radius 1 is 1.36 bits per heavy atom. The van der Waals surface area contributed by atoms with Crippen molar-refractivity contribution in [1.82, 2.24) is 10.3 Å². The van der Waals surface area contributed by atoms with Crippen LogP contribution in [0.3, 0.4) is 0 Å². The fourth-order valence-electron chi connectivity index (χ4n) is 2.51. The largest absolute Gasteiger partial charge is 0.481 e. The van der Waals surface area contributed by atoms with Gasteiger partial charge in [0.1, 0.15) is 9.88 Å². The van der Waals surface area contributed by atoms with E-state index in [1.54, 1.807) is 14.0 Å². The molecule has 134 valence electrons. The van der Waals surface area contributed by atoms with E-state index in [0.29, 0.717) is 23.6 Å². The molecule has 25 heavy (non-hydrogen) atoms. The van der Waals surface area contributed by atoms with E-state index in [4.69, 9.17) is 4.74 Å². The first-order valence-electron chi connectivity index (χ1n) is 7.92. The number of rotatable bonds is 8. The number of hydrogen-bond donors (Lipinski definition) is 2. The first kappa shape index (κ1) is 19.1. The molecule has 2 aromatic rings. The molecule has 1 amide bonds. The molecule has 0 saturated heterocycles. The van der Waals surface area contributed by atoms with Crippen LogP contribution >= 0.6 is 11.3 Å². The lowest BCUT2D eigenvalue weighted by Crippen LogP contribution is -2.34. The van der Waals surface area contributed by atoms with Gasteiger partial charge in [-0.25, -0.2) is 4.98 Å². The summed E-state index contributed by atoms with van der Waals surface area (Å²) in [7, 11) is 1.57. The maximum absolute atomic E-state index is 12.3. The van der Waals surface area contributed by atoms with E-state index in [-0.39, 0.29) is 12.5 Å². The summed E-state index contributed by atoms with van der Waals surface area (Å²) in [6.07, 6.45) is 0.369. The van der Waals surface area contributed by atoms with Gasteiger partial charge in [-0.2, -0.15) is 0 Å². The number of aryl methyl sites for hydroxylation is 2. The second-order valence-corrected chi connectivity index (χ2v) is 6.98. The molecular formula is C18H22N2O4S. The van der Waals surface area contributed by atoms with Crippen molar-refractivity contribution in [2.75, 3.05) is 13.7 Å². The molecule has 0 aliphatic carbocycles. The molecule has 0 spiro atoms. The van der Waals surface area contributed by atoms with Crippen LogP contribution < -0.4 is 5.32 Å². The average Bonchev–Trinajstić information content (AvgIpc) is 2.92. The van der Waals surface area contributed by atoms with Crippen molar-refractivity contribution >= 4 is 23.2 Å².